The Morgan fingerprint density at radius 1 is 1.33 bits per heavy atom. The van der Waals surface area contributed by atoms with Crippen LogP contribution in [0.25, 0.3) is 11.6 Å². The molecule has 8 nitrogen and oxygen atoms in total. The number of ether oxygens (including phenoxy) is 1. The van der Waals surface area contributed by atoms with Gasteiger partial charge in [0.25, 0.3) is 12.3 Å². The van der Waals surface area contributed by atoms with E-state index < -0.39 is 18.1 Å². The SMILES string of the molecule is COC(=O)c1cnc(Cn2nc(C(F)F)cc2-c2nc(C3(c4ccccc4C)CC3)no2)s1. The summed E-state index contributed by atoms with van der Waals surface area (Å²) in [4.78, 5) is 20.8. The topological polar surface area (TPSA) is 95.9 Å². The fraction of sp³-hybridized carbons (Fsp3) is 0.318. The maximum Gasteiger partial charge on any atom is 0.349 e. The first-order valence-corrected chi connectivity index (χ1v) is 11.0. The van der Waals surface area contributed by atoms with E-state index in [2.05, 4.69) is 26.3 Å². The summed E-state index contributed by atoms with van der Waals surface area (Å²) >= 11 is 1.10. The summed E-state index contributed by atoms with van der Waals surface area (Å²) in [6.07, 6.45) is 0.380. The van der Waals surface area contributed by atoms with Crippen LogP contribution in [0, 0.1) is 6.92 Å². The van der Waals surface area contributed by atoms with E-state index in [1.165, 1.54) is 24.1 Å². The molecule has 0 N–H and O–H groups in total. The van der Waals surface area contributed by atoms with Crippen LogP contribution in [0.4, 0.5) is 8.78 Å². The Hall–Kier alpha value is -3.47. The molecule has 0 saturated heterocycles. The highest BCUT2D eigenvalue weighted by atomic mass is 32.1. The third-order valence-electron chi connectivity index (χ3n) is 5.73. The first kappa shape index (κ1) is 21.4. The summed E-state index contributed by atoms with van der Waals surface area (Å²) < 4.78 is 38.4. The van der Waals surface area contributed by atoms with Crippen LogP contribution in [0.3, 0.4) is 0 Å². The number of carbonyl (C=O) groups excluding carboxylic acids is 1. The molecule has 33 heavy (non-hydrogen) atoms. The molecular weight excluding hydrogens is 452 g/mol. The Morgan fingerprint density at radius 2 is 2.12 bits per heavy atom. The summed E-state index contributed by atoms with van der Waals surface area (Å²) in [6, 6.07) is 9.29. The van der Waals surface area contributed by atoms with Crippen LogP contribution in [0.15, 0.2) is 41.1 Å². The van der Waals surface area contributed by atoms with Crippen LogP contribution in [-0.2, 0) is 16.7 Å². The largest absolute Gasteiger partial charge is 0.465 e. The highest BCUT2D eigenvalue weighted by Crippen LogP contribution is 2.53. The van der Waals surface area contributed by atoms with Gasteiger partial charge in [-0.15, -0.1) is 11.3 Å². The molecule has 0 unspecified atom stereocenters. The van der Waals surface area contributed by atoms with Crippen molar-refractivity contribution in [1.29, 1.82) is 0 Å². The number of thiazole rings is 1. The first-order valence-electron chi connectivity index (χ1n) is 10.2. The van der Waals surface area contributed by atoms with Crippen molar-refractivity contribution in [3.63, 3.8) is 0 Å². The number of hydrogen-bond acceptors (Lipinski definition) is 8. The third-order valence-corrected chi connectivity index (χ3v) is 6.69. The Bertz CT molecular complexity index is 1330. The van der Waals surface area contributed by atoms with Gasteiger partial charge in [0, 0.05) is 0 Å². The van der Waals surface area contributed by atoms with Crippen molar-refractivity contribution >= 4 is 17.3 Å². The Balaban J connectivity index is 1.49. The minimum Gasteiger partial charge on any atom is -0.465 e. The number of rotatable bonds is 7. The standard InChI is InChI=1S/C22H19F2N5O3S/c1-12-5-3-4-6-13(12)22(7-8-22)21-26-19(32-28-21)15-9-14(18(23)24)27-29(15)11-17-25-10-16(33-17)20(30)31-2/h3-6,9-10,18H,7-8,11H2,1-2H3. The van der Waals surface area contributed by atoms with Gasteiger partial charge in [-0.05, 0) is 37.0 Å². The quantitative estimate of drug-likeness (QED) is 0.365. The van der Waals surface area contributed by atoms with E-state index in [9.17, 15) is 13.6 Å². The van der Waals surface area contributed by atoms with Crippen molar-refractivity contribution in [2.24, 2.45) is 0 Å². The molecular formula is C22H19F2N5O3S. The molecule has 1 saturated carbocycles. The molecule has 3 heterocycles. The van der Waals surface area contributed by atoms with Gasteiger partial charge in [0.05, 0.1) is 25.3 Å². The normalized spacial score (nSPS) is 14.6. The lowest BCUT2D eigenvalue weighted by atomic mass is 9.91. The average Bonchev–Trinajstić information content (AvgIpc) is 3.16. The summed E-state index contributed by atoms with van der Waals surface area (Å²) in [5, 5.41) is 8.70. The third kappa shape index (κ3) is 3.82. The monoisotopic (exact) mass is 471 g/mol. The fourth-order valence-electron chi connectivity index (χ4n) is 3.91. The van der Waals surface area contributed by atoms with Crippen molar-refractivity contribution in [2.75, 3.05) is 7.11 Å². The number of aryl methyl sites for hydroxylation is 1. The van der Waals surface area contributed by atoms with Crippen LogP contribution in [0.5, 0.6) is 0 Å². The van der Waals surface area contributed by atoms with E-state index in [0.29, 0.717) is 15.7 Å². The van der Waals surface area contributed by atoms with Crippen molar-refractivity contribution in [2.45, 2.75) is 38.2 Å². The van der Waals surface area contributed by atoms with E-state index in [1.54, 1.807) is 0 Å². The second-order valence-electron chi connectivity index (χ2n) is 7.84. The molecule has 0 aliphatic heterocycles. The summed E-state index contributed by atoms with van der Waals surface area (Å²) in [6.45, 7) is 2.10. The van der Waals surface area contributed by atoms with E-state index in [1.807, 2.05) is 25.1 Å². The molecule has 4 aromatic rings. The number of halogens is 2. The van der Waals surface area contributed by atoms with Gasteiger partial charge in [-0.2, -0.15) is 10.1 Å². The van der Waals surface area contributed by atoms with Gasteiger partial charge in [0.1, 0.15) is 21.3 Å². The zero-order valence-corrected chi connectivity index (χ0v) is 18.6. The van der Waals surface area contributed by atoms with E-state index >= 15 is 0 Å². The van der Waals surface area contributed by atoms with Crippen LogP contribution in [0.2, 0.25) is 0 Å². The highest BCUT2D eigenvalue weighted by Gasteiger charge is 2.50. The van der Waals surface area contributed by atoms with Crippen LogP contribution in [-0.4, -0.2) is 38.0 Å². The minimum atomic E-state index is -2.77. The van der Waals surface area contributed by atoms with Gasteiger partial charge in [0.15, 0.2) is 5.82 Å². The minimum absolute atomic E-state index is 0.0599. The van der Waals surface area contributed by atoms with Crippen LogP contribution < -0.4 is 0 Å². The molecule has 11 heteroatoms. The van der Waals surface area contributed by atoms with Gasteiger partial charge >= 0.3 is 5.97 Å². The summed E-state index contributed by atoms with van der Waals surface area (Å²) in [5.41, 5.74) is 1.80. The molecule has 1 aromatic carbocycles. The van der Waals surface area contributed by atoms with Crippen LogP contribution in [0.1, 0.15) is 56.6 Å². The van der Waals surface area contributed by atoms with E-state index in [-0.39, 0.29) is 23.5 Å². The lowest BCUT2D eigenvalue weighted by molar-refractivity contribution is 0.0606. The van der Waals surface area contributed by atoms with Gasteiger partial charge in [-0.25, -0.2) is 18.6 Å². The summed E-state index contributed by atoms with van der Waals surface area (Å²) in [7, 11) is 1.28. The van der Waals surface area contributed by atoms with Crippen molar-refractivity contribution in [3.05, 3.63) is 69.1 Å². The number of alkyl halides is 2. The van der Waals surface area contributed by atoms with Gasteiger partial charge in [-0.3, -0.25) is 4.68 Å². The zero-order valence-electron chi connectivity index (χ0n) is 17.8. The van der Waals surface area contributed by atoms with Crippen molar-refractivity contribution in [1.82, 2.24) is 24.9 Å². The predicted molar refractivity (Wildman–Crippen MR) is 114 cm³/mol. The number of aromatic nitrogens is 5. The second kappa shape index (κ2) is 8.14. The zero-order chi connectivity index (χ0) is 23.2. The molecule has 0 amide bonds. The van der Waals surface area contributed by atoms with E-state index in [0.717, 1.165) is 35.3 Å². The molecule has 0 atom stereocenters. The first-order chi connectivity index (χ1) is 15.9. The molecule has 1 fully saturated rings. The second-order valence-corrected chi connectivity index (χ2v) is 8.96. The van der Waals surface area contributed by atoms with Gasteiger partial charge in [0.2, 0.25) is 0 Å². The van der Waals surface area contributed by atoms with Crippen molar-refractivity contribution in [3.8, 4) is 11.6 Å². The Morgan fingerprint density at radius 3 is 2.82 bits per heavy atom. The maximum absolute atomic E-state index is 13.4. The smallest absolute Gasteiger partial charge is 0.349 e. The molecule has 170 valence electrons. The highest BCUT2D eigenvalue weighted by molar-refractivity contribution is 7.13. The number of methoxy groups -OCH3 is 1. The van der Waals surface area contributed by atoms with Gasteiger partial charge in [-0.1, -0.05) is 29.4 Å². The van der Waals surface area contributed by atoms with Gasteiger partial charge < -0.3 is 9.26 Å². The lowest BCUT2D eigenvalue weighted by Gasteiger charge is -2.13. The molecule has 0 radical (unpaired) electrons. The molecule has 0 bridgehead atoms. The number of nitrogens with zero attached hydrogens (tertiary/aromatic N) is 5. The molecule has 5 rings (SSSR count). The number of carbonyl (C=O) groups is 1. The Labute approximate surface area is 191 Å². The predicted octanol–water partition coefficient (Wildman–Crippen LogP) is 4.55. The average molecular weight is 471 g/mol. The Kier molecular flexibility index (Phi) is 5.28. The molecule has 1 aliphatic carbocycles. The maximum atomic E-state index is 13.4. The van der Waals surface area contributed by atoms with Crippen LogP contribution >= 0.6 is 11.3 Å². The fourth-order valence-corrected chi connectivity index (χ4v) is 4.73. The summed E-state index contributed by atoms with van der Waals surface area (Å²) in [5.74, 6) is 0.120. The molecule has 3 aromatic heterocycles. The molecule has 0 spiro atoms. The van der Waals surface area contributed by atoms with E-state index in [4.69, 9.17) is 9.26 Å². The number of esters is 1. The number of benzene rings is 1. The lowest BCUT2D eigenvalue weighted by Crippen LogP contribution is -2.12. The van der Waals surface area contributed by atoms with Crippen molar-refractivity contribution < 1.29 is 22.8 Å². The number of hydrogen-bond donors (Lipinski definition) is 0. The molecule has 1 aliphatic rings.